The lowest BCUT2D eigenvalue weighted by Crippen LogP contribution is -2.47. The van der Waals surface area contributed by atoms with Gasteiger partial charge in [-0.1, -0.05) is 0 Å². The first-order chi connectivity index (χ1) is 8.72. The summed E-state index contributed by atoms with van der Waals surface area (Å²) < 4.78 is 16.8. The number of rotatable bonds is 1. The number of ether oxygens (including phenoxy) is 3. The molecule has 1 aromatic carbocycles. The average Bonchev–Trinajstić information content (AvgIpc) is 2.39. The topological polar surface area (TPSA) is 47.9 Å². The van der Waals surface area contributed by atoms with Gasteiger partial charge in [-0.15, -0.1) is 0 Å². The van der Waals surface area contributed by atoms with Crippen LogP contribution in [0.3, 0.4) is 0 Å². The van der Waals surface area contributed by atoms with Crippen LogP contribution < -0.4 is 9.47 Å². The zero-order valence-corrected chi connectivity index (χ0v) is 10.5. The number of fused-ring (bicyclic) bond motifs is 1. The van der Waals surface area contributed by atoms with Gasteiger partial charge in [-0.2, -0.15) is 0 Å². The van der Waals surface area contributed by atoms with E-state index in [1.807, 2.05) is 18.2 Å². The molecule has 2 aliphatic heterocycles. The van der Waals surface area contributed by atoms with Crippen molar-refractivity contribution in [3.63, 3.8) is 0 Å². The van der Waals surface area contributed by atoms with E-state index in [0.29, 0.717) is 13.0 Å². The largest absolute Gasteiger partial charge is 0.497 e. The number of benzene rings is 1. The van der Waals surface area contributed by atoms with Gasteiger partial charge in [0.15, 0.2) is 0 Å². The smallest absolute Gasteiger partial charge is 0.135 e. The molecule has 0 aliphatic carbocycles. The van der Waals surface area contributed by atoms with Crippen LogP contribution in [0.5, 0.6) is 11.5 Å². The number of aliphatic hydroxyl groups is 1. The minimum atomic E-state index is -0.509. The first-order valence-electron chi connectivity index (χ1n) is 6.35. The van der Waals surface area contributed by atoms with Crippen molar-refractivity contribution < 1.29 is 19.3 Å². The maximum Gasteiger partial charge on any atom is 0.135 e. The van der Waals surface area contributed by atoms with Gasteiger partial charge in [-0.05, 0) is 31.0 Å². The van der Waals surface area contributed by atoms with Gasteiger partial charge in [0.1, 0.15) is 17.1 Å². The van der Waals surface area contributed by atoms with Gasteiger partial charge in [0.2, 0.25) is 0 Å². The third-order valence-electron chi connectivity index (χ3n) is 3.75. The van der Waals surface area contributed by atoms with Gasteiger partial charge >= 0.3 is 0 Å². The van der Waals surface area contributed by atoms with Crippen molar-refractivity contribution in [1.29, 1.82) is 0 Å². The molecule has 3 rings (SSSR count). The Labute approximate surface area is 106 Å². The molecule has 1 spiro atoms. The van der Waals surface area contributed by atoms with E-state index in [1.54, 1.807) is 7.11 Å². The molecule has 1 fully saturated rings. The van der Waals surface area contributed by atoms with Gasteiger partial charge < -0.3 is 19.3 Å². The summed E-state index contributed by atoms with van der Waals surface area (Å²) in [7, 11) is 1.62. The monoisotopic (exact) mass is 250 g/mol. The lowest BCUT2D eigenvalue weighted by Gasteiger charge is -2.42. The number of aliphatic hydroxyl groups excluding tert-OH is 1. The molecule has 2 aliphatic rings. The van der Waals surface area contributed by atoms with Crippen LogP contribution in [0.1, 0.15) is 30.9 Å². The summed E-state index contributed by atoms with van der Waals surface area (Å²) in [4.78, 5) is 0. The summed E-state index contributed by atoms with van der Waals surface area (Å²) >= 11 is 0. The van der Waals surface area contributed by atoms with Gasteiger partial charge in [0.05, 0.1) is 19.8 Å². The van der Waals surface area contributed by atoms with E-state index >= 15 is 0 Å². The van der Waals surface area contributed by atoms with E-state index in [4.69, 9.17) is 14.2 Å². The summed E-state index contributed by atoms with van der Waals surface area (Å²) in [5.74, 6) is 1.49. The molecule has 0 saturated carbocycles. The fraction of sp³-hybridized carbons (Fsp3) is 0.571. The highest BCUT2D eigenvalue weighted by Gasteiger charge is 2.42. The highest BCUT2D eigenvalue weighted by molar-refractivity contribution is 5.43. The lowest BCUT2D eigenvalue weighted by molar-refractivity contribution is -0.103. The lowest BCUT2D eigenvalue weighted by atomic mass is 9.85. The molecule has 18 heavy (non-hydrogen) atoms. The third-order valence-corrected chi connectivity index (χ3v) is 3.75. The summed E-state index contributed by atoms with van der Waals surface area (Å²) in [6.07, 6.45) is 2.01. The van der Waals surface area contributed by atoms with E-state index in [9.17, 15) is 5.11 Å². The maximum absolute atomic E-state index is 10.3. The fourth-order valence-electron chi connectivity index (χ4n) is 2.81. The van der Waals surface area contributed by atoms with Crippen LogP contribution in [0.4, 0.5) is 0 Å². The first-order valence-corrected chi connectivity index (χ1v) is 6.35. The zero-order valence-electron chi connectivity index (χ0n) is 10.5. The Morgan fingerprint density at radius 3 is 3.06 bits per heavy atom. The standard InChI is InChI=1S/C14H18O4/c1-16-10-3-4-13-11(7-10)12(15)8-14(18-13)5-2-6-17-9-14/h3-4,7,12,15H,2,5-6,8-9H2,1H3/t12-,14?/m0/s1. The van der Waals surface area contributed by atoms with Gasteiger partial charge in [0.25, 0.3) is 0 Å². The van der Waals surface area contributed by atoms with Crippen molar-refractivity contribution in [3.05, 3.63) is 23.8 Å². The predicted molar refractivity (Wildman–Crippen MR) is 66.0 cm³/mol. The molecule has 4 nitrogen and oxygen atoms in total. The molecule has 1 saturated heterocycles. The Bertz CT molecular complexity index is 437. The Morgan fingerprint density at radius 2 is 2.33 bits per heavy atom. The van der Waals surface area contributed by atoms with Crippen LogP contribution in [0.25, 0.3) is 0 Å². The van der Waals surface area contributed by atoms with Crippen molar-refractivity contribution in [2.45, 2.75) is 31.0 Å². The van der Waals surface area contributed by atoms with Gasteiger partial charge in [0, 0.05) is 18.6 Å². The normalized spacial score (nSPS) is 30.7. The van der Waals surface area contributed by atoms with E-state index in [-0.39, 0.29) is 5.60 Å². The third kappa shape index (κ3) is 1.95. The van der Waals surface area contributed by atoms with Crippen LogP contribution in [-0.4, -0.2) is 31.0 Å². The second-order valence-electron chi connectivity index (χ2n) is 5.06. The molecule has 0 radical (unpaired) electrons. The average molecular weight is 250 g/mol. The fourth-order valence-corrected chi connectivity index (χ4v) is 2.81. The Hall–Kier alpha value is -1.26. The van der Waals surface area contributed by atoms with E-state index in [2.05, 4.69) is 0 Å². The minimum absolute atomic E-state index is 0.348. The zero-order chi connectivity index (χ0) is 12.6. The molecule has 1 aromatic rings. The maximum atomic E-state index is 10.3. The Balaban J connectivity index is 1.92. The summed E-state index contributed by atoms with van der Waals surface area (Å²) in [6, 6.07) is 5.57. The first kappa shape index (κ1) is 11.8. The van der Waals surface area contributed by atoms with Crippen molar-refractivity contribution in [2.24, 2.45) is 0 Å². The van der Waals surface area contributed by atoms with Crippen molar-refractivity contribution in [1.82, 2.24) is 0 Å². The molecule has 1 unspecified atom stereocenters. The minimum Gasteiger partial charge on any atom is -0.497 e. The second kappa shape index (κ2) is 4.44. The summed E-state index contributed by atoms with van der Waals surface area (Å²) in [6.45, 7) is 1.35. The van der Waals surface area contributed by atoms with Gasteiger partial charge in [-0.25, -0.2) is 0 Å². The second-order valence-corrected chi connectivity index (χ2v) is 5.06. The molecule has 4 heteroatoms. The van der Waals surface area contributed by atoms with Crippen molar-refractivity contribution in [2.75, 3.05) is 20.3 Å². The SMILES string of the molecule is COc1ccc2c(c1)[C@@H](O)CC1(CCCOC1)O2. The molecule has 0 aromatic heterocycles. The van der Waals surface area contributed by atoms with Crippen LogP contribution >= 0.6 is 0 Å². The van der Waals surface area contributed by atoms with E-state index in [0.717, 1.165) is 36.5 Å². The summed E-state index contributed by atoms with van der Waals surface area (Å²) in [5, 5.41) is 10.3. The number of hydrogen-bond acceptors (Lipinski definition) is 4. The van der Waals surface area contributed by atoms with Crippen molar-refractivity contribution in [3.8, 4) is 11.5 Å². The van der Waals surface area contributed by atoms with Crippen LogP contribution in [0, 0.1) is 0 Å². The highest BCUT2D eigenvalue weighted by Crippen LogP contribution is 2.44. The van der Waals surface area contributed by atoms with Crippen molar-refractivity contribution >= 4 is 0 Å². The predicted octanol–water partition coefficient (Wildman–Crippen LogP) is 2.06. The molecule has 2 atom stereocenters. The molecule has 2 heterocycles. The highest BCUT2D eigenvalue weighted by atomic mass is 16.5. The quantitative estimate of drug-likeness (QED) is 0.828. The van der Waals surface area contributed by atoms with Crippen LogP contribution in [-0.2, 0) is 4.74 Å². The molecule has 0 amide bonds. The van der Waals surface area contributed by atoms with E-state index < -0.39 is 6.10 Å². The van der Waals surface area contributed by atoms with Crippen LogP contribution in [0.15, 0.2) is 18.2 Å². The Kier molecular flexibility index (Phi) is 2.92. The molecule has 1 N–H and O–H groups in total. The number of hydrogen-bond donors (Lipinski definition) is 1. The molecule has 98 valence electrons. The Morgan fingerprint density at radius 1 is 1.44 bits per heavy atom. The van der Waals surface area contributed by atoms with E-state index in [1.165, 1.54) is 0 Å². The van der Waals surface area contributed by atoms with Gasteiger partial charge in [-0.3, -0.25) is 0 Å². The van der Waals surface area contributed by atoms with Crippen LogP contribution in [0.2, 0.25) is 0 Å². The molecule has 0 bridgehead atoms. The summed E-state index contributed by atoms with van der Waals surface area (Å²) in [5.41, 5.74) is 0.463. The molecular weight excluding hydrogens is 232 g/mol. The number of methoxy groups -OCH3 is 1. The molecular formula is C14H18O4.